The largest absolute Gasteiger partial charge is 0.415 e. The summed E-state index contributed by atoms with van der Waals surface area (Å²) in [6.07, 6.45) is -0.917. The summed E-state index contributed by atoms with van der Waals surface area (Å²) < 4.78 is 11.1. The molecular weight excluding hydrogens is 332 g/mol. The fraction of sp³-hybridized carbons (Fsp3) is 0.600. The van der Waals surface area contributed by atoms with E-state index >= 15 is 0 Å². The van der Waals surface area contributed by atoms with Gasteiger partial charge in [0.15, 0.2) is 11.5 Å². The topological polar surface area (TPSA) is 59.1 Å². The second-order valence-electron chi connectivity index (χ2n) is 6.99. The smallest absolute Gasteiger partial charge is 0.406 e. The molecule has 0 aliphatic carbocycles. The zero-order chi connectivity index (χ0) is 19.9. The summed E-state index contributed by atoms with van der Waals surface area (Å²) in [6.45, 7) is 15.9. The van der Waals surface area contributed by atoms with Crippen LogP contribution in [-0.2, 0) is 5.41 Å². The van der Waals surface area contributed by atoms with Crippen LogP contribution in [0.25, 0.3) is 0 Å². The van der Waals surface area contributed by atoms with Crippen molar-refractivity contribution in [3.05, 3.63) is 23.8 Å². The van der Waals surface area contributed by atoms with Gasteiger partial charge >= 0.3 is 12.2 Å². The summed E-state index contributed by atoms with van der Waals surface area (Å²) in [7, 11) is 0. The highest BCUT2D eigenvalue weighted by Crippen LogP contribution is 2.34. The maximum absolute atomic E-state index is 12.4. The summed E-state index contributed by atoms with van der Waals surface area (Å²) in [5.74, 6) is 0.505. The zero-order valence-corrected chi connectivity index (χ0v) is 17.1. The lowest BCUT2D eigenvalue weighted by atomic mass is 9.87. The average Bonchev–Trinajstić information content (AvgIpc) is 2.57. The third-order valence-corrected chi connectivity index (χ3v) is 4.25. The SMILES string of the molecule is CCN(CC)C(=O)Oc1ccc(C(C)(C)C)cc1OC(=O)N(CC)CC. The number of rotatable bonds is 6. The van der Waals surface area contributed by atoms with Gasteiger partial charge in [-0.3, -0.25) is 0 Å². The Kier molecular flexibility index (Phi) is 7.93. The number of hydrogen-bond acceptors (Lipinski definition) is 4. The molecule has 6 heteroatoms. The summed E-state index contributed by atoms with van der Waals surface area (Å²) in [6, 6.07) is 5.35. The number of benzene rings is 1. The summed E-state index contributed by atoms with van der Waals surface area (Å²) >= 11 is 0. The Hall–Kier alpha value is -2.24. The molecule has 0 aliphatic rings. The van der Waals surface area contributed by atoms with Crippen LogP contribution in [0.15, 0.2) is 18.2 Å². The van der Waals surface area contributed by atoms with Gasteiger partial charge in [0.1, 0.15) is 0 Å². The molecule has 0 saturated carbocycles. The third kappa shape index (κ3) is 5.64. The third-order valence-electron chi connectivity index (χ3n) is 4.25. The fourth-order valence-corrected chi connectivity index (χ4v) is 2.42. The zero-order valence-electron chi connectivity index (χ0n) is 17.1. The van der Waals surface area contributed by atoms with Crippen molar-refractivity contribution in [3.63, 3.8) is 0 Å². The van der Waals surface area contributed by atoms with Gasteiger partial charge in [0.2, 0.25) is 0 Å². The molecule has 0 spiro atoms. The van der Waals surface area contributed by atoms with Crippen molar-refractivity contribution in [2.45, 2.75) is 53.9 Å². The van der Waals surface area contributed by atoms with Crippen LogP contribution in [0.1, 0.15) is 54.0 Å². The molecular formula is C20H32N2O4. The van der Waals surface area contributed by atoms with Crippen LogP contribution in [0.5, 0.6) is 11.5 Å². The molecule has 26 heavy (non-hydrogen) atoms. The van der Waals surface area contributed by atoms with Crippen LogP contribution in [-0.4, -0.2) is 48.2 Å². The van der Waals surface area contributed by atoms with E-state index < -0.39 is 12.2 Å². The molecule has 0 N–H and O–H groups in total. The van der Waals surface area contributed by atoms with Gasteiger partial charge in [-0.1, -0.05) is 26.8 Å². The Bertz CT molecular complexity index is 615. The van der Waals surface area contributed by atoms with Crippen molar-refractivity contribution in [2.75, 3.05) is 26.2 Å². The number of carbonyl (C=O) groups excluding carboxylic acids is 2. The van der Waals surface area contributed by atoms with Gasteiger partial charge in [-0.25, -0.2) is 9.59 Å². The monoisotopic (exact) mass is 364 g/mol. The molecule has 6 nitrogen and oxygen atoms in total. The lowest BCUT2D eigenvalue weighted by Gasteiger charge is -2.24. The molecule has 0 aliphatic heterocycles. The number of amides is 2. The number of carbonyl (C=O) groups is 2. The minimum Gasteiger partial charge on any atom is -0.406 e. The quantitative estimate of drug-likeness (QED) is 0.736. The molecule has 1 aromatic carbocycles. The lowest BCUT2D eigenvalue weighted by Crippen LogP contribution is -2.34. The molecule has 146 valence electrons. The van der Waals surface area contributed by atoms with Gasteiger partial charge < -0.3 is 19.3 Å². The molecule has 1 rings (SSSR count). The van der Waals surface area contributed by atoms with Gasteiger partial charge in [-0.05, 0) is 50.8 Å². The first-order valence-electron chi connectivity index (χ1n) is 9.25. The predicted molar refractivity (Wildman–Crippen MR) is 103 cm³/mol. The van der Waals surface area contributed by atoms with Crippen LogP contribution in [0.4, 0.5) is 9.59 Å². The Morgan fingerprint density at radius 2 is 1.23 bits per heavy atom. The average molecular weight is 364 g/mol. The van der Waals surface area contributed by atoms with Crippen molar-refractivity contribution in [1.29, 1.82) is 0 Å². The first-order chi connectivity index (χ1) is 12.2. The second kappa shape index (κ2) is 9.46. The van der Waals surface area contributed by atoms with Crippen molar-refractivity contribution in [2.24, 2.45) is 0 Å². The standard InChI is InChI=1S/C20H32N2O4/c1-8-21(9-2)18(23)25-16-13-12-15(20(5,6)7)14-17(16)26-19(24)22(10-3)11-4/h12-14H,8-11H2,1-7H3. The van der Waals surface area contributed by atoms with Gasteiger partial charge in [-0.2, -0.15) is 0 Å². The Labute approximate surface area is 157 Å². The molecule has 0 atom stereocenters. The van der Waals surface area contributed by atoms with Crippen LogP contribution >= 0.6 is 0 Å². The van der Waals surface area contributed by atoms with E-state index in [0.29, 0.717) is 26.2 Å². The maximum atomic E-state index is 12.4. The summed E-state index contributed by atoms with van der Waals surface area (Å²) in [5.41, 5.74) is 0.861. The van der Waals surface area contributed by atoms with E-state index in [0.717, 1.165) is 5.56 Å². The first kappa shape index (κ1) is 21.8. The minimum absolute atomic E-state index is 0.127. The fourth-order valence-electron chi connectivity index (χ4n) is 2.42. The molecule has 0 bridgehead atoms. The van der Waals surface area contributed by atoms with Gasteiger partial charge in [0.05, 0.1) is 0 Å². The predicted octanol–water partition coefficient (Wildman–Crippen LogP) is 4.67. The molecule has 0 fully saturated rings. The van der Waals surface area contributed by atoms with E-state index in [-0.39, 0.29) is 16.9 Å². The highest BCUT2D eigenvalue weighted by atomic mass is 16.6. The molecule has 0 heterocycles. The molecule has 2 amide bonds. The molecule has 0 unspecified atom stereocenters. The lowest BCUT2D eigenvalue weighted by molar-refractivity contribution is 0.146. The van der Waals surface area contributed by atoms with E-state index in [1.165, 1.54) is 0 Å². The summed E-state index contributed by atoms with van der Waals surface area (Å²) in [5, 5.41) is 0. The summed E-state index contributed by atoms with van der Waals surface area (Å²) in [4.78, 5) is 27.8. The highest BCUT2D eigenvalue weighted by molar-refractivity contribution is 5.75. The second-order valence-corrected chi connectivity index (χ2v) is 6.99. The molecule has 0 saturated heterocycles. The number of nitrogens with zero attached hydrogens (tertiary/aromatic N) is 2. The highest BCUT2D eigenvalue weighted by Gasteiger charge is 2.22. The van der Waals surface area contributed by atoms with Crippen LogP contribution in [0.3, 0.4) is 0 Å². The van der Waals surface area contributed by atoms with Crippen molar-refractivity contribution >= 4 is 12.2 Å². The Balaban J connectivity index is 3.20. The Morgan fingerprint density at radius 3 is 1.62 bits per heavy atom. The molecule has 0 radical (unpaired) electrons. The minimum atomic E-state index is -0.460. The van der Waals surface area contributed by atoms with E-state index in [1.54, 1.807) is 21.9 Å². The normalized spacial score (nSPS) is 11.0. The van der Waals surface area contributed by atoms with Gasteiger partial charge in [-0.15, -0.1) is 0 Å². The van der Waals surface area contributed by atoms with Crippen LogP contribution in [0.2, 0.25) is 0 Å². The van der Waals surface area contributed by atoms with Gasteiger partial charge in [0.25, 0.3) is 0 Å². The van der Waals surface area contributed by atoms with Crippen LogP contribution in [0, 0.1) is 0 Å². The van der Waals surface area contributed by atoms with Crippen molar-refractivity contribution in [1.82, 2.24) is 9.80 Å². The van der Waals surface area contributed by atoms with E-state index in [2.05, 4.69) is 20.8 Å². The van der Waals surface area contributed by atoms with E-state index in [9.17, 15) is 9.59 Å². The number of ether oxygens (including phenoxy) is 2. The molecule has 1 aromatic rings. The number of hydrogen-bond donors (Lipinski definition) is 0. The van der Waals surface area contributed by atoms with Crippen molar-refractivity contribution < 1.29 is 19.1 Å². The Morgan fingerprint density at radius 1 is 0.808 bits per heavy atom. The molecule has 0 aromatic heterocycles. The van der Waals surface area contributed by atoms with E-state index in [4.69, 9.17) is 9.47 Å². The van der Waals surface area contributed by atoms with Crippen molar-refractivity contribution in [3.8, 4) is 11.5 Å². The first-order valence-corrected chi connectivity index (χ1v) is 9.25. The van der Waals surface area contributed by atoms with Crippen LogP contribution < -0.4 is 9.47 Å². The van der Waals surface area contributed by atoms with Gasteiger partial charge in [0, 0.05) is 26.2 Å². The maximum Gasteiger partial charge on any atom is 0.415 e. The van der Waals surface area contributed by atoms with E-state index in [1.807, 2.05) is 33.8 Å².